The van der Waals surface area contributed by atoms with Gasteiger partial charge in [0.1, 0.15) is 11.6 Å². The van der Waals surface area contributed by atoms with Crippen LogP contribution >= 0.6 is 0 Å². The zero-order valence-electron chi connectivity index (χ0n) is 16.2. The molecule has 0 aliphatic heterocycles. The summed E-state index contributed by atoms with van der Waals surface area (Å²) in [4.78, 5) is 11.1. The van der Waals surface area contributed by atoms with Crippen molar-refractivity contribution in [3.05, 3.63) is 65.9 Å². The van der Waals surface area contributed by atoms with Crippen molar-refractivity contribution in [2.45, 2.75) is 13.5 Å². The van der Waals surface area contributed by atoms with Gasteiger partial charge in [-0.1, -0.05) is 12.1 Å². The third kappa shape index (κ3) is 5.10. The maximum atomic E-state index is 5.19. The summed E-state index contributed by atoms with van der Waals surface area (Å²) in [6.45, 7) is 2.64. The monoisotopic (exact) mass is 363 g/mol. The average molecular weight is 363 g/mol. The van der Waals surface area contributed by atoms with Gasteiger partial charge in [0.25, 0.3) is 0 Å². The number of aromatic nitrogens is 2. The molecule has 0 saturated carbocycles. The molecule has 0 unspecified atom stereocenters. The number of aryl methyl sites for hydroxylation is 1. The summed E-state index contributed by atoms with van der Waals surface area (Å²) in [6, 6.07) is 18.1. The number of methoxy groups -OCH3 is 1. The van der Waals surface area contributed by atoms with Crippen LogP contribution in [0.5, 0.6) is 5.75 Å². The summed E-state index contributed by atoms with van der Waals surface area (Å²) >= 11 is 0. The Hall–Kier alpha value is -3.28. The Morgan fingerprint density at radius 3 is 2.30 bits per heavy atom. The van der Waals surface area contributed by atoms with Crippen molar-refractivity contribution in [2.75, 3.05) is 36.7 Å². The standard InChI is InChI=1S/C21H25N5O/c1-15-13-20(22-14-16-5-11-19(27-4)12-6-16)25-21(23-15)24-17-7-9-18(10-8-17)26(2)3/h5-13H,14H2,1-4H3,(H2,22,23,24,25). The Morgan fingerprint density at radius 2 is 1.67 bits per heavy atom. The van der Waals surface area contributed by atoms with Gasteiger partial charge in [0.05, 0.1) is 7.11 Å². The second-order valence-electron chi connectivity index (χ2n) is 6.49. The van der Waals surface area contributed by atoms with Crippen LogP contribution in [0.3, 0.4) is 0 Å². The predicted octanol–water partition coefficient (Wildman–Crippen LogP) is 4.22. The van der Waals surface area contributed by atoms with E-state index >= 15 is 0 Å². The fourth-order valence-electron chi connectivity index (χ4n) is 2.62. The van der Waals surface area contributed by atoms with Crippen LogP contribution in [0.4, 0.5) is 23.1 Å². The highest BCUT2D eigenvalue weighted by molar-refractivity contribution is 5.60. The van der Waals surface area contributed by atoms with Gasteiger partial charge < -0.3 is 20.3 Å². The number of anilines is 4. The molecule has 6 nitrogen and oxygen atoms in total. The quantitative estimate of drug-likeness (QED) is 0.655. The number of ether oxygens (including phenoxy) is 1. The minimum Gasteiger partial charge on any atom is -0.497 e. The summed E-state index contributed by atoms with van der Waals surface area (Å²) in [6.07, 6.45) is 0. The first-order valence-corrected chi connectivity index (χ1v) is 8.80. The third-order valence-corrected chi connectivity index (χ3v) is 4.13. The van der Waals surface area contributed by atoms with E-state index in [4.69, 9.17) is 4.74 Å². The Balaban J connectivity index is 1.67. The molecule has 0 amide bonds. The summed E-state index contributed by atoms with van der Waals surface area (Å²) in [5, 5.41) is 6.62. The van der Waals surface area contributed by atoms with Crippen LogP contribution in [0.25, 0.3) is 0 Å². The van der Waals surface area contributed by atoms with Crippen molar-refractivity contribution in [2.24, 2.45) is 0 Å². The van der Waals surface area contributed by atoms with E-state index in [9.17, 15) is 0 Å². The summed E-state index contributed by atoms with van der Waals surface area (Å²) in [7, 11) is 5.71. The minimum atomic E-state index is 0.574. The number of nitrogens with one attached hydrogen (secondary N) is 2. The number of rotatable bonds is 7. The lowest BCUT2D eigenvalue weighted by atomic mass is 10.2. The first-order chi connectivity index (χ1) is 13.0. The molecule has 0 spiro atoms. The summed E-state index contributed by atoms with van der Waals surface area (Å²) in [5.41, 5.74) is 4.15. The lowest BCUT2D eigenvalue weighted by molar-refractivity contribution is 0.414. The molecule has 0 saturated heterocycles. The van der Waals surface area contributed by atoms with Gasteiger partial charge in [0.15, 0.2) is 0 Å². The van der Waals surface area contributed by atoms with E-state index in [2.05, 4.69) is 37.6 Å². The fourth-order valence-corrected chi connectivity index (χ4v) is 2.62. The molecule has 3 rings (SSSR count). The maximum Gasteiger partial charge on any atom is 0.229 e. The van der Waals surface area contributed by atoms with Crippen molar-refractivity contribution < 1.29 is 4.74 Å². The Bertz CT molecular complexity index is 876. The van der Waals surface area contributed by atoms with E-state index in [1.54, 1.807) is 7.11 Å². The number of nitrogens with zero attached hydrogens (tertiary/aromatic N) is 3. The van der Waals surface area contributed by atoms with E-state index in [0.717, 1.165) is 34.2 Å². The van der Waals surface area contributed by atoms with Crippen LogP contribution in [-0.2, 0) is 6.54 Å². The molecule has 3 aromatic rings. The minimum absolute atomic E-state index is 0.574. The highest BCUT2D eigenvalue weighted by atomic mass is 16.5. The second kappa shape index (κ2) is 8.40. The SMILES string of the molecule is COc1ccc(CNc2cc(C)nc(Nc3ccc(N(C)C)cc3)n2)cc1. The average Bonchev–Trinajstić information content (AvgIpc) is 2.67. The van der Waals surface area contributed by atoms with Crippen LogP contribution in [0.1, 0.15) is 11.3 Å². The first-order valence-electron chi connectivity index (χ1n) is 8.80. The number of benzene rings is 2. The largest absolute Gasteiger partial charge is 0.497 e. The Morgan fingerprint density at radius 1 is 0.963 bits per heavy atom. The molecule has 0 fully saturated rings. The molecule has 0 radical (unpaired) electrons. The normalized spacial score (nSPS) is 10.4. The van der Waals surface area contributed by atoms with Gasteiger partial charge in [-0.15, -0.1) is 0 Å². The summed E-state index contributed by atoms with van der Waals surface area (Å²) in [5.74, 6) is 2.21. The lowest BCUT2D eigenvalue weighted by Gasteiger charge is -2.13. The van der Waals surface area contributed by atoms with Crippen LogP contribution < -0.4 is 20.3 Å². The number of hydrogen-bond acceptors (Lipinski definition) is 6. The Labute approximate surface area is 160 Å². The van der Waals surface area contributed by atoms with E-state index in [0.29, 0.717) is 12.5 Å². The molecule has 1 aromatic heterocycles. The topological polar surface area (TPSA) is 62.3 Å². The molecule has 140 valence electrons. The fraction of sp³-hybridized carbons (Fsp3) is 0.238. The Kier molecular flexibility index (Phi) is 5.76. The van der Waals surface area contributed by atoms with E-state index in [1.165, 1.54) is 0 Å². The first kappa shape index (κ1) is 18.5. The molecule has 0 atom stereocenters. The smallest absolute Gasteiger partial charge is 0.229 e. The van der Waals surface area contributed by atoms with Crippen molar-refractivity contribution in [1.82, 2.24) is 9.97 Å². The molecule has 2 N–H and O–H groups in total. The van der Waals surface area contributed by atoms with Gasteiger partial charge in [-0.2, -0.15) is 4.98 Å². The highest BCUT2D eigenvalue weighted by Gasteiger charge is 2.04. The van der Waals surface area contributed by atoms with E-state index in [1.807, 2.05) is 63.5 Å². The van der Waals surface area contributed by atoms with E-state index in [-0.39, 0.29) is 0 Å². The number of hydrogen-bond donors (Lipinski definition) is 2. The van der Waals surface area contributed by atoms with Gasteiger partial charge in [0, 0.05) is 43.8 Å². The molecule has 6 heteroatoms. The molecule has 1 heterocycles. The van der Waals surface area contributed by atoms with Gasteiger partial charge in [-0.3, -0.25) is 0 Å². The molecular formula is C21H25N5O. The zero-order valence-corrected chi connectivity index (χ0v) is 16.2. The molecule has 0 aliphatic rings. The lowest BCUT2D eigenvalue weighted by Crippen LogP contribution is -2.08. The molecule has 27 heavy (non-hydrogen) atoms. The van der Waals surface area contributed by atoms with E-state index < -0.39 is 0 Å². The molecule has 0 bridgehead atoms. The van der Waals surface area contributed by atoms with Gasteiger partial charge in [0.2, 0.25) is 5.95 Å². The second-order valence-corrected chi connectivity index (χ2v) is 6.49. The van der Waals surface area contributed by atoms with Gasteiger partial charge in [-0.05, 0) is 48.9 Å². The van der Waals surface area contributed by atoms with Crippen molar-refractivity contribution in [1.29, 1.82) is 0 Å². The zero-order chi connectivity index (χ0) is 19.2. The van der Waals surface area contributed by atoms with Crippen molar-refractivity contribution >= 4 is 23.1 Å². The van der Waals surface area contributed by atoms with Crippen LogP contribution in [-0.4, -0.2) is 31.2 Å². The highest BCUT2D eigenvalue weighted by Crippen LogP contribution is 2.20. The predicted molar refractivity (Wildman–Crippen MR) is 111 cm³/mol. The van der Waals surface area contributed by atoms with Crippen LogP contribution in [0.15, 0.2) is 54.6 Å². The molecule has 2 aromatic carbocycles. The van der Waals surface area contributed by atoms with Gasteiger partial charge >= 0.3 is 0 Å². The summed E-state index contributed by atoms with van der Waals surface area (Å²) < 4.78 is 5.19. The van der Waals surface area contributed by atoms with Crippen LogP contribution in [0, 0.1) is 6.92 Å². The van der Waals surface area contributed by atoms with Crippen molar-refractivity contribution in [3.63, 3.8) is 0 Å². The van der Waals surface area contributed by atoms with Crippen LogP contribution in [0.2, 0.25) is 0 Å². The van der Waals surface area contributed by atoms with Crippen molar-refractivity contribution in [3.8, 4) is 5.75 Å². The molecule has 0 aliphatic carbocycles. The third-order valence-electron chi connectivity index (χ3n) is 4.13. The maximum absolute atomic E-state index is 5.19. The molecular weight excluding hydrogens is 338 g/mol. The van der Waals surface area contributed by atoms with Gasteiger partial charge in [-0.25, -0.2) is 4.98 Å².